The van der Waals surface area contributed by atoms with Gasteiger partial charge in [0.1, 0.15) is 4.53 Å². The van der Waals surface area contributed by atoms with Crippen LogP contribution in [0, 0.1) is 0 Å². The van der Waals surface area contributed by atoms with E-state index in [-0.39, 0.29) is 22.3 Å². The van der Waals surface area contributed by atoms with Crippen molar-refractivity contribution in [1.29, 1.82) is 0 Å². The maximum absolute atomic E-state index is 14.1. The lowest BCUT2D eigenvalue weighted by molar-refractivity contribution is -0.139. The van der Waals surface area contributed by atoms with E-state index in [9.17, 15) is 19.2 Å². The number of benzene rings is 2. The zero-order valence-corrected chi connectivity index (χ0v) is 22.8. The van der Waals surface area contributed by atoms with Crippen LogP contribution in [0.2, 0.25) is 0 Å². The van der Waals surface area contributed by atoms with Crippen molar-refractivity contribution in [3.8, 4) is 11.5 Å². The van der Waals surface area contributed by atoms with Gasteiger partial charge in [0.2, 0.25) is 5.91 Å². The molecule has 0 bridgehead atoms. The highest BCUT2D eigenvalue weighted by molar-refractivity contribution is 7.07. The molecular weight excluding hydrogens is 522 g/mol. The van der Waals surface area contributed by atoms with E-state index < -0.39 is 29.4 Å². The van der Waals surface area contributed by atoms with Gasteiger partial charge in [-0.2, -0.15) is 0 Å². The van der Waals surface area contributed by atoms with Gasteiger partial charge in [0.25, 0.3) is 11.5 Å². The first-order valence-electron chi connectivity index (χ1n) is 12.1. The molecule has 0 radical (unpaired) electrons. The summed E-state index contributed by atoms with van der Waals surface area (Å²) in [5, 5.41) is 0. The Labute approximate surface area is 227 Å². The van der Waals surface area contributed by atoms with Crippen LogP contribution in [-0.2, 0) is 19.1 Å². The highest BCUT2D eigenvalue weighted by atomic mass is 32.1. The summed E-state index contributed by atoms with van der Waals surface area (Å²) in [6, 6.07) is 11.0. The minimum Gasteiger partial charge on any atom is -0.493 e. The van der Waals surface area contributed by atoms with Crippen molar-refractivity contribution >= 4 is 40.4 Å². The quantitative estimate of drug-likeness (QED) is 0.449. The number of methoxy groups -OCH3 is 2. The van der Waals surface area contributed by atoms with Crippen LogP contribution >= 0.6 is 11.3 Å². The van der Waals surface area contributed by atoms with Gasteiger partial charge in [-0.25, -0.2) is 14.7 Å². The molecule has 2 aromatic carbocycles. The number of nitrogens with zero attached hydrogens (tertiary/aromatic N) is 3. The van der Waals surface area contributed by atoms with Gasteiger partial charge in [0.15, 0.2) is 16.3 Å². The Hall–Kier alpha value is -4.51. The molecular formula is C28H25N3O7S. The number of hydrogen-bond donors (Lipinski definition) is 0. The fraction of sp³-hybridized carbons (Fsp3) is 0.250. The fourth-order valence-corrected chi connectivity index (χ4v) is 6.07. The lowest BCUT2D eigenvalue weighted by Gasteiger charge is -2.25. The molecule has 0 fully saturated rings. The number of amides is 2. The lowest BCUT2D eigenvalue weighted by atomic mass is 9.95. The maximum Gasteiger partial charge on any atom is 0.338 e. The number of allylic oxidation sites excluding steroid dienone is 1. The van der Waals surface area contributed by atoms with Gasteiger partial charge in [0, 0.05) is 12.5 Å². The molecule has 0 spiro atoms. The highest BCUT2D eigenvalue weighted by Crippen LogP contribution is 2.37. The second-order valence-corrected chi connectivity index (χ2v) is 9.77. The molecule has 3 aromatic rings. The lowest BCUT2D eigenvalue weighted by Crippen LogP contribution is -2.41. The average Bonchev–Trinajstić information content (AvgIpc) is 3.39. The summed E-state index contributed by atoms with van der Waals surface area (Å²) in [6.07, 6.45) is 0. The van der Waals surface area contributed by atoms with Crippen LogP contribution in [0.25, 0.3) is 5.57 Å². The summed E-state index contributed by atoms with van der Waals surface area (Å²) in [6.45, 7) is 4.80. The van der Waals surface area contributed by atoms with E-state index in [1.165, 1.54) is 25.7 Å². The predicted molar refractivity (Wildman–Crippen MR) is 143 cm³/mol. The number of imide groups is 1. The fourth-order valence-electron chi connectivity index (χ4n) is 4.93. The molecule has 2 amide bonds. The molecule has 0 saturated heterocycles. The molecule has 200 valence electrons. The molecule has 2 aliphatic rings. The van der Waals surface area contributed by atoms with Gasteiger partial charge in [0.05, 0.1) is 49.4 Å². The third-order valence-corrected chi connectivity index (χ3v) is 7.64. The summed E-state index contributed by atoms with van der Waals surface area (Å²) in [4.78, 5) is 59.1. The zero-order chi connectivity index (χ0) is 28.0. The first-order chi connectivity index (χ1) is 18.7. The Morgan fingerprint density at radius 3 is 2.44 bits per heavy atom. The van der Waals surface area contributed by atoms with Gasteiger partial charge >= 0.3 is 5.97 Å². The zero-order valence-electron chi connectivity index (χ0n) is 21.9. The van der Waals surface area contributed by atoms with E-state index in [1.54, 1.807) is 56.3 Å². The van der Waals surface area contributed by atoms with Gasteiger partial charge in [-0.05, 0) is 37.6 Å². The van der Waals surface area contributed by atoms with Crippen LogP contribution in [0.4, 0.5) is 5.69 Å². The number of aromatic nitrogens is 1. The van der Waals surface area contributed by atoms with Crippen molar-refractivity contribution in [3.63, 3.8) is 0 Å². The number of fused-ring (bicyclic) bond motifs is 2. The van der Waals surface area contributed by atoms with Crippen molar-refractivity contribution in [2.75, 3.05) is 25.7 Å². The molecule has 0 aliphatic carbocycles. The third kappa shape index (κ3) is 4.06. The first kappa shape index (κ1) is 26.1. The normalized spacial score (nSPS) is 17.4. The van der Waals surface area contributed by atoms with E-state index in [1.807, 2.05) is 0 Å². The average molecular weight is 548 g/mol. The van der Waals surface area contributed by atoms with Gasteiger partial charge < -0.3 is 14.2 Å². The number of carbonyl (C=O) groups excluding carboxylic acids is 3. The van der Waals surface area contributed by atoms with Crippen LogP contribution in [0.1, 0.15) is 37.9 Å². The maximum atomic E-state index is 14.1. The molecule has 10 nitrogen and oxygen atoms in total. The van der Waals surface area contributed by atoms with E-state index in [2.05, 4.69) is 4.99 Å². The van der Waals surface area contributed by atoms with Crippen LogP contribution in [-0.4, -0.2) is 43.2 Å². The second-order valence-electron chi connectivity index (χ2n) is 8.79. The minimum atomic E-state index is -0.912. The van der Waals surface area contributed by atoms with Crippen LogP contribution in [0.5, 0.6) is 11.5 Å². The largest absolute Gasteiger partial charge is 0.493 e. The number of para-hydroxylation sites is 1. The number of anilines is 1. The Morgan fingerprint density at radius 1 is 1.05 bits per heavy atom. The molecule has 0 saturated carbocycles. The molecule has 1 aromatic heterocycles. The summed E-state index contributed by atoms with van der Waals surface area (Å²) in [5.74, 6) is -0.764. The van der Waals surface area contributed by atoms with Gasteiger partial charge in [-0.1, -0.05) is 35.6 Å². The summed E-state index contributed by atoms with van der Waals surface area (Å²) < 4.78 is 17.7. The summed E-state index contributed by atoms with van der Waals surface area (Å²) >= 11 is 1.03. The standard InChI is InChI=1S/C28H25N3O7S/c1-6-38-27(35)21-14(2)29-28-31(23(21)16-11-12-19(36-4)20(13-16)37-5)26(34)24(39-28)22-17-9-7-8-10-18(17)30(15(3)32)25(22)33/h7-13,23H,6H2,1-5H3/b24-22-/t23-/m1/s1. The predicted octanol–water partition coefficient (Wildman–Crippen LogP) is 2.08. The van der Waals surface area contributed by atoms with E-state index >= 15 is 0 Å². The Balaban J connectivity index is 1.83. The number of hydrogen-bond acceptors (Lipinski definition) is 9. The summed E-state index contributed by atoms with van der Waals surface area (Å²) in [7, 11) is 3.00. The number of carbonyl (C=O) groups is 3. The van der Waals surface area contributed by atoms with Crippen molar-refractivity contribution < 1.29 is 28.6 Å². The number of ether oxygens (including phenoxy) is 3. The first-order valence-corrected chi connectivity index (χ1v) is 12.9. The molecule has 3 heterocycles. The Kier molecular flexibility index (Phi) is 6.69. The van der Waals surface area contributed by atoms with Crippen molar-refractivity contribution in [2.45, 2.75) is 26.8 Å². The Bertz CT molecular complexity index is 1770. The van der Waals surface area contributed by atoms with Gasteiger partial charge in [-0.3, -0.25) is 19.0 Å². The molecule has 0 N–H and O–H groups in total. The summed E-state index contributed by atoms with van der Waals surface area (Å²) in [5.41, 5.74) is 1.63. The van der Waals surface area contributed by atoms with Crippen molar-refractivity contribution in [3.05, 3.63) is 84.5 Å². The van der Waals surface area contributed by atoms with Crippen LogP contribution in [0.15, 0.2) is 63.5 Å². The molecule has 0 unspecified atom stereocenters. The van der Waals surface area contributed by atoms with Crippen LogP contribution < -0.4 is 29.3 Å². The number of esters is 1. The molecule has 2 aliphatic heterocycles. The third-order valence-electron chi connectivity index (χ3n) is 6.59. The highest BCUT2D eigenvalue weighted by Gasteiger charge is 2.38. The van der Waals surface area contributed by atoms with Gasteiger partial charge in [-0.15, -0.1) is 0 Å². The van der Waals surface area contributed by atoms with E-state index in [0.29, 0.717) is 38.8 Å². The van der Waals surface area contributed by atoms with Crippen molar-refractivity contribution in [1.82, 2.24) is 4.57 Å². The molecule has 11 heteroatoms. The monoisotopic (exact) mass is 547 g/mol. The number of rotatable bonds is 5. The Morgan fingerprint density at radius 2 is 1.77 bits per heavy atom. The minimum absolute atomic E-state index is 0.120. The van der Waals surface area contributed by atoms with E-state index in [0.717, 1.165) is 16.2 Å². The molecule has 5 rings (SSSR count). The second kappa shape index (κ2) is 9.99. The number of thiazole rings is 1. The SMILES string of the molecule is CCOC(=O)C1=C(C)N=c2s/c(=C3\C(=O)N(C(C)=O)c4ccccc43)c(=O)n2[C@@H]1c1ccc(OC)c(OC)c1. The van der Waals surface area contributed by atoms with Crippen LogP contribution in [0.3, 0.4) is 0 Å². The smallest absolute Gasteiger partial charge is 0.338 e. The molecule has 39 heavy (non-hydrogen) atoms. The van der Waals surface area contributed by atoms with E-state index in [4.69, 9.17) is 14.2 Å². The van der Waals surface area contributed by atoms with Crippen molar-refractivity contribution in [2.24, 2.45) is 4.99 Å². The molecule has 1 atom stereocenters. The topological polar surface area (TPSA) is 116 Å².